The Labute approximate surface area is 92.3 Å². The van der Waals surface area contributed by atoms with Crippen LogP contribution < -0.4 is 10.6 Å². The number of urea groups is 1. The second kappa shape index (κ2) is 3.16. The molecule has 3 rings (SSSR count). The number of aromatic nitrogens is 1. The molecule has 80 valence electrons. The minimum atomic E-state index is -0.539. The fourth-order valence-electron chi connectivity index (χ4n) is 1.70. The molecule has 0 aromatic carbocycles. The van der Waals surface area contributed by atoms with Gasteiger partial charge in [0, 0.05) is 25.3 Å². The van der Waals surface area contributed by atoms with Crippen molar-refractivity contribution in [3.63, 3.8) is 0 Å². The lowest BCUT2D eigenvalue weighted by Gasteiger charge is -2.17. The van der Waals surface area contributed by atoms with Gasteiger partial charge in [-0.05, 0) is 11.6 Å². The molecule has 2 amide bonds. The number of nitrogens with zero attached hydrogens (tertiary/aromatic N) is 3. The molecule has 5 nitrogen and oxygen atoms in total. The number of pyridine rings is 1. The van der Waals surface area contributed by atoms with Crippen LogP contribution in [0, 0.1) is 0 Å². The van der Waals surface area contributed by atoms with E-state index < -0.39 is 6.03 Å². The van der Waals surface area contributed by atoms with E-state index in [0.717, 1.165) is 12.1 Å². The molecule has 16 heavy (non-hydrogen) atoms. The molecule has 0 spiro atoms. The van der Waals surface area contributed by atoms with E-state index >= 15 is 0 Å². The number of carbonyl (C=O) groups is 1. The van der Waals surface area contributed by atoms with Gasteiger partial charge < -0.3 is 5.73 Å². The minimum Gasteiger partial charge on any atom is -0.351 e. The number of nitrogens with two attached hydrogens (primary N) is 1. The van der Waals surface area contributed by atoms with Crippen molar-refractivity contribution in [2.24, 2.45) is 10.7 Å². The summed E-state index contributed by atoms with van der Waals surface area (Å²) in [7, 11) is 0. The maximum atomic E-state index is 11.3. The van der Waals surface area contributed by atoms with Crippen LogP contribution in [0.25, 0.3) is 0 Å². The van der Waals surface area contributed by atoms with Crippen LogP contribution in [0.1, 0.15) is 17.7 Å². The van der Waals surface area contributed by atoms with Gasteiger partial charge in [0.1, 0.15) is 5.69 Å². The number of rotatable bonds is 0. The largest absolute Gasteiger partial charge is 0.351 e. The number of aliphatic imine (C=N–C) groups is 1. The molecule has 1 aliphatic carbocycles. The zero-order valence-corrected chi connectivity index (χ0v) is 8.55. The first-order chi connectivity index (χ1) is 7.75. The van der Waals surface area contributed by atoms with Gasteiger partial charge in [-0.2, -0.15) is 0 Å². The van der Waals surface area contributed by atoms with E-state index in [-0.39, 0.29) is 0 Å². The number of carbonyl (C=O) groups excluding carboxylic acids is 1. The third-order valence-electron chi connectivity index (χ3n) is 2.58. The predicted molar refractivity (Wildman–Crippen MR) is 61.0 cm³/mol. The van der Waals surface area contributed by atoms with Crippen molar-refractivity contribution in [3.8, 4) is 0 Å². The summed E-state index contributed by atoms with van der Waals surface area (Å²) in [5.41, 5.74) is 8.24. The summed E-state index contributed by atoms with van der Waals surface area (Å²) in [5, 5.41) is 0. The van der Waals surface area contributed by atoms with E-state index in [9.17, 15) is 4.79 Å². The lowest BCUT2D eigenvalue weighted by atomic mass is 10.3. The van der Waals surface area contributed by atoms with Crippen molar-refractivity contribution in [2.45, 2.75) is 12.8 Å². The van der Waals surface area contributed by atoms with Gasteiger partial charge in [0.15, 0.2) is 5.82 Å². The van der Waals surface area contributed by atoms with E-state index in [4.69, 9.17) is 5.73 Å². The van der Waals surface area contributed by atoms with E-state index in [1.54, 1.807) is 12.4 Å². The van der Waals surface area contributed by atoms with Crippen LogP contribution in [0.4, 0.5) is 16.3 Å². The maximum absolute atomic E-state index is 11.3. The summed E-state index contributed by atoms with van der Waals surface area (Å²) in [5.74, 6) is 0.524. The fraction of sp³-hybridized carbons (Fsp3) is 0.182. The number of allylic oxidation sites excluding steroid dienone is 1. The molecule has 1 aromatic rings. The predicted octanol–water partition coefficient (Wildman–Crippen LogP) is 1.49. The van der Waals surface area contributed by atoms with Gasteiger partial charge in [0.05, 0.1) is 5.69 Å². The van der Waals surface area contributed by atoms with Gasteiger partial charge in [0.2, 0.25) is 0 Å². The fourth-order valence-corrected chi connectivity index (χ4v) is 1.70. The molecule has 2 N–H and O–H groups in total. The molecule has 1 aliphatic heterocycles. The minimum absolute atomic E-state index is 0.524. The average Bonchev–Trinajstić information content (AvgIpc) is 2.95. The molecule has 0 fully saturated rings. The molecule has 0 saturated carbocycles. The van der Waals surface area contributed by atoms with Crippen LogP contribution >= 0.6 is 0 Å². The number of anilines is 1. The molecule has 2 aliphatic rings. The number of primary amides is 1. The average molecular weight is 214 g/mol. The molecule has 0 unspecified atom stereocenters. The third kappa shape index (κ3) is 1.37. The topological polar surface area (TPSA) is 71.6 Å². The highest BCUT2D eigenvalue weighted by molar-refractivity contribution is 5.95. The van der Waals surface area contributed by atoms with Crippen molar-refractivity contribution in [1.82, 2.24) is 4.98 Å². The molecular formula is C11H10N4O. The standard InChI is InChI=1S/C11H10N4O/c12-11(16)15-4-2-1-3-13-9-6-7-5-8(7)14-10(9)15/h2-4,6H,1,5H2,(H2,12,16). The van der Waals surface area contributed by atoms with Crippen LogP contribution in [0.15, 0.2) is 23.3 Å². The third-order valence-corrected chi connectivity index (χ3v) is 2.58. The Bertz CT molecular complexity index is 533. The summed E-state index contributed by atoms with van der Waals surface area (Å²) in [6, 6.07) is 1.42. The van der Waals surface area contributed by atoms with E-state index in [1.807, 2.05) is 12.1 Å². The van der Waals surface area contributed by atoms with Gasteiger partial charge in [0.25, 0.3) is 0 Å². The summed E-state index contributed by atoms with van der Waals surface area (Å²) in [6.45, 7) is 0. The number of hydrogen-bond acceptors (Lipinski definition) is 3. The molecule has 2 heterocycles. The Morgan fingerprint density at radius 3 is 3.19 bits per heavy atom. The SMILES string of the molecule is NC(=O)N1C=CCC=Nc2cc3c(nc21)C3. The Morgan fingerprint density at radius 1 is 1.50 bits per heavy atom. The van der Waals surface area contributed by atoms with E-state index in [0.29, 0.717) is 17.9 Å². The molecule has 0 radical (unpaired) electrons. The highest BCUT2D eigenvalue weighted by Gasteiger charge is 2.25. The molecule has 0 saturated heterocycles. The lowest BCUT2D eigenvalue weighted by Crippen LogP contribution is -2.31. The quantitative estimate of drug-likeness (QED) is 0.721. The summed E-state index contributed by atoms with van der Waals surface area (Å²) < 4.78 is 0. The second-order valence-electron chi connectivity index (χ2n) is 3.75. The van der Waals surface area contributed by atoms with Gasteiger partial charge in [-0.3, -0.25) is 9.89 Å². The van der Waals surface area contributed by atoms with Crippen LogP contribution in [0.5, 0.6) is 0 Å². The number of fused-ring (bicyclic) bond motifs is 2. The smallest absolute Gasteiger partial charge is 0.324 e. The molecule has 0 atom stereocenters. The zero-order valence-electron chi connectivity index (χ0n) is 8.55. The van der Waals surface area contributed by atoms with Gasteiger partial charge in [-0.15, -0.1) is 0 Å². The summed E-state index contributed by atoms with van der Waals surface area (Å²) >= 11 is 0. The van der Waals surface area contributed by atoms with E-state index in [2.05, 4.69) is 9.98 Å². The van der Waals surface area contributed by atoms with Gasteiger partial charge >= 0.3 is 6.03 Å². The van der Waals surface area contributed by atoms with Gasteiger partial charge in [-0.25, -0.2) is 9.78 Å². The Balaban J connectivity index is 2.17. The first-order valence-corrected chi connectivity index (χ1v) is 5.06. The van der Waals surface area contributed by atoms with Crippen molar-refractivity contribution < 1.29 is 4.79 Å². The van der Waals surface area contributed by atoms with Gasteiger partial charge in [-0.1, -0.05) is 6.08 Å². The molecule has 1 aromatic heterocycles. The highest BCUT2D eigenvalue weighted by atomic mass is 16.2. The second-order valence-corrected chi connectivity index (χ2v) is 3.75. The van der Waals surface area contributed by atoms with Crippen LogP contribution in [0.3, 0.4) is 0 Å². The molecule has 5 heteroatoms. The van der Waals surface area contributed by atoms with E-state index in [1.165, 1.54) is 10.5 Å². The van der Waals surface area contributed by atoms with Crippen molar-refractivity contribution in [1.29, 1.82) is 0 Å². The van der Waals surface area contributed by atoms with Crippen molar-refractivity contribution in [2.75, 3.05) is 4.90 Å². The maximum Gasteiger partial charge on any atom is 0.324 e. The van der Waals surface area contributed by atoms with Crippen LogP contribution in [0.2, 0.25) is 0 Å². The Hall–Kier alpha value is -2.17. The molecule has 0 bridgehead atoms. The van der Waals surface area contributed by atoms with Crippen LogP contribution in [-0.2, 0) is 6.42 Å². The summed E-state index contributed by atoms with van der Waals surface area (Å²) in [4.78, 5) is 21.3. The van der Waals surface area contributed by atoms with Crippen molar-refractivity contribution >= 4 is 23.8 Å². The lowest BCUT2D eigenvalue weighted by molar-refractivity contribution is 0.255. The Kier molecular flexibility index (Phi) is 1.80. The Morgan fingerprint density at radius 2 is 2.38 bits per heavy atom. The number of amides is 2. The highest BCUT2D eigenvalue weighted by Crippen LogP contribution is 2.37. The van der Waals surface area contributed by atoms with Crippen LogP contribution in [-0.4, -0.2) is 17.2 Å². The zero-order chi connectivity index (χ0) is 11.1. The van der Waals surface area contributed by atoms with Crippen molar-refractivity contribution in [3.05, 3.63) is 29.6 Å². The first-order valence-electron chi connectivity index (χ1n) is 5.06. The number of hydrogen-bond donors (Lipinski definition) is 1. The normalized spacial score (nSPS) is 16.1. The monoisotopic (exact) mass is 214 g/mol. The molecular weight excluding hydrogens is 204 g/mol. The first kappa shape index (κ1) is 9.08. The summed E-state index contributed by atoms with van der Waals surface area (Å²) in [6.07, 6.45) is 6.84.